The van der Waals surface area contributed by atoms with Crippen molar-refractivity contribution in [3.05, 3.63) is 41.1 Å². The van der Waals surface area contributed by atoms with Gasteiger partial charge in [-0.2, -0.15) is 0 Å². The Balaban J connectivity index is 1.98. The third kappa shape index (κ3) is 3.76. The highest BCUT2D eigenvalue weighted by molar-refractivity contribution is 7.89. The van der Waals surface area contributed by atoms with Gasteiger partial charge in [0.05, 0.1) is 4.90 Å². The number of aromatic nitrogens is 2. The van der Waals surface area contributed by atoms with E-state index in [0.29, 0.717) is 23.2 Å². The summed E-state index contributed by atoms with van der Waals surface area (Å²) in [7, 11) is -3.57. The number of benzene rings is 1. The van der Waals surface area contributed by atoms with Crippen molar-refractivity contribution < 1.29 is 12.8 Å². The van der Waals surface area contributed by atoms with Crippen LogP contribution in [-0.2, 0) is 16.4 Å². The lowest BCUT2D eigenvalue weighted by molar-refractivity contribution is 0.466. The fourth-order valence-electron chi connectivity index (χ4n) is 1.45. The van der Waals surface area contributed by atoms with E-state index in [4.69, 9.17) is 16.0 Å². The van der Waals surface area contributed by atoms with Crippen molar-refractivity contribution in [1.29, 1.82) is 0 Å². The molecule has 2 rings (SSSR count). The van der Waals surface area contributed by atoms with Crippen molar-refractivity contribution in [2.75, 3.05) is 6.54 Å². The van der Waals surface area contributed by atoms with E-state index in [9.17, 15) is 8.42 Å². The van der Waals surface area contributed by atoms with Gasteiger partial charge in [-0.1, -0.05) is 17.7 Å². The van der Waals surface area contributed by atoms with E-state index in [-0.39, 0.29) is 11.4 Å². The molecule has 0 aliphatic carbocycles. The van der Waals surface area contributed by atoms with Crippen LogP contribution in [-0.4, -0.2) is 25.2 Å². The van der Waals surface area contributed by atoms with Gasteiger partial charge in [0.2, 0.25) is 21.8 Å². The van der Waals surface area contributed by atoms with Crippen molar-refractivity contribution in [2.45, 2.75) is 18.2 Å². The Kier molecular flexibility index (Phi) is 4.18. The lowest BCUT2D eigenvalue weighted by Crippen LogP contribution is -2.26. The first-order valence-corrected chi connectivity index (χ1v) is 7.38. The summed E-state index contributed by atoms with van der Waals surface area (Å²) < 4.78 is 31.5. The number of hydrogen-bond acceptors (Lipinski definition) is 5. The van der Waals surface area contributed by atoms with Crippen LogP contribution in [0.15, 0.2) is 33.6 Å². The standard InChI is InChI=1S/C11H12ClN3O3S/c1-8-14-15-11(18-8)5-6-13-19(16,17)10-4-2-3-9(12)7-10/h2-4,7,13H,5-6H2,1H3. The van der Waals surface area contributed by atoms with Crippen molar-refractivity contribution in [2.24, 2.45) is 0 Å². The van der Waals surface area contributed by atoms with Gasteiger partial charge in [-0.15, -0.1) is 10.2 Å². The van der Waals surface area contributed by atoms with Gasteiger partial charge in [-0.25, -0.2) is 13.1 Å². The maximum atomic E-state index is 11.9. The Hall–Kier alpha value is -1.44. The molecule has 0 radical (unpaired) electrons. The third-order valence-electron chi connectivity index (χ3n) is 2.31. The lowest BCUT2D eigenvalue weighted by atomic mass is 10.4. The molecule has 0 saturated carbocycles. The molecule has 0 fully saturated rings. The minimum atomic E-state index is -3.57. The first kappa shape index (κ1) is 14.0. The minimum absolute atomic E-state index is 0.127. The molecule has 0 amide bonds. The van der Waals surface area contributed by atoms with Crippen LogP contribution in [0.5, 0.6) is 0 Å². The van der Waals surface area contributed by atoms with E-state index in [2.05, 4.69) is 14.9 Å². The molecule has 2 aromatic rings. The van der Waals surface area contributed by atoms with Gasteiger partial charge in [0, 0.05) is 24.9 Å². The first-order valence-electron chi connectivity index (χ1n) is 5.51. The van der Waals surface area contributed by atoms with E-state index in [1.807, 2.05) is 0 Å². The number of nitrogens with one attached hydrogen (secondary N) is 1. The monoisotopic (exact) mass is 301 g/mol. The number of rotatable bonds is 5. The highest BCUT2D eigenvalue weighted by Crippen LogP contribution is 2.15. The normalized spacial score (nSPS) is 11.7. The van der Waals surface area contributed by atoms with Gasteiger partial charge in [0.25, 0.3) is 0 Å². The van der Waals surface area contributed by atoms with Gasteiger partial charge in [-0.05, 0) is 18.2 Å². The molecule has 0 spiro atoms. The van der Waals surface area contributed by atoms with E-state index >= 15 is 0 Å². The molecule has 0 saturated heterocycles. The van der Waals surface area contributed by atoms with Crippen LogP contribution in [0, 0.1) is 6.92 Å². The number of sulfonamides is 1. The summed E-state index contributed by atoms with van der Waals surface area (Å²) in [5.74, 6) is 0.846. The highest BCUT2D eigenvalue weighted by atomic mass is 35.5. The van der Waals surface area contributed by atoms with E-state index < -0.39 is 10.0 Å². The zero-order valence-corrected chi connectivity index (χ0v) is 11.7. The summed E-state index contributed by atoms with van der Waals surface area (Å²) >= 11 is 5.76. The average molecular weight is 302 g/mol. The van der Waals surface area contributed by atoms with Gasteiger partial charge >= 0.3 is 0 Å². The topological polar surface area (TPSA) is 85.1 Å². The van der Waals surface area contributed by atoms with Crippen LogP contribution in [0.2, 0.25) is 5.02 Å². The van der Waals surface area contributed by atoms with Crippen LogP contribution in [0.3, 0.4) is 0 Å². The molecule has 0 unspecified atom stereocenters. The Labute approximate surface area is 115 Å². The minimum Gasteiger partial charge on any atom is -0.426 e. The molecule has 8 heteroatoms. The van der Waals surface area contributed by atoms with Crippen LogP contribution in [0.25, 0.3) is 0 Å². The van der Waals surface area contributed by atoms with Gasteiger partial charge in [0.15, 0.2) is 0 Å². The molecule has 0 aliphatic rings. The molecule has 102 valence electrons. The van der Waals surface area contributed by atoms with E-state index in [1.54, 1.807) is 19.1 Å². The Morgan fingerprint density at radius 2 is 2.16 bits per heavy atom. The first-order chi connectivity index (χ1) is 8.97. The zero-order chi connectivity index (χ0) is 13.9. The van der Waals surface area contributed by atoms with Gasteiger partial charge in [-0.3, -0.25) is 0 Å². The predicted octanol–water partition coefficient (Wildman–Crippen LogP) is 1.55. The van der Waals surface area contributed by atoms with Crippen LogP contribution in [0.4, 0.5) is 0 Å². The molecule has 6 nitrogen and oxygen atoms in total. The highest BCUT2D eigenvalue weighted by Gasteiger charge is 2.14. The lowest BCUT2D eigenvalue weighted by Gasteiger charge is -2.05. The molecule has 1 aromatic heterocycles. The average Bonchev–Trinajstić information content (AvgIpc) is 2.75. The summed E-state index contributed by atoms with van der Waals surface area (Å²) in [6.07, 6.45) is 0.334. The number of hydrogen-bond donors (Lipinski definition) is 1. The van der Waals surface area contributed by atoms with Crippen molar-refractivity contribution >= 4 is 21.6 Å². The molecule has 1 aromatic carbocycles. The summed E-state index contributed by atoms with van der Waals surface area (Å²) in [6.45, 7) is 1.85. The second-order valence-electron chi connectivity index (χ2n) is 3.82. The fourth-order valence-corrected chi connectivity index (χ4v) is 2.78. The van der Waals surface area contributed by atoms with Gasteiger partial charge < -0.3 is 4.42 Å². The van der Waals surface area contributed by atoms with Crippen LogP contribution in [0.1, 0.15) is 11.8 Å². The van der Waals surface area contributed by atoms with Crippen molar-refractivity contribution in [3.8, 4) is 0 Å². The summed E-state index contributed by atoms with van der Waals surface area (Å²) in [5, 5.41) is 7.81. The van der Waals surface area contributed by atoms with Crippen LogP contribution >= 0.6 is 11.6 Å². The predicted molar refractivity (Wildman–Crippen MR) is 69.4 cm³/mol. The quantitative estimate of drug-likeness (QED) is 0.905. The number of halogens is 1. The molecule has 1 heterocycles. The van der Waals surface area contributed by atoms with Gasteiger partial charge in [0.1, 0.15) is 0 Å². The Bertz CT molecular complexity index is 669. The van der Waals surface area contributed by atoms with E-state index in [1.165, 1.54) is 12.1 Å². The van der Waals surface area contributed by atoms with Crippen LogP contribution < -0.4 is 4.72 Å². The molecule has 0 bridgehead atoms. The molecule has 0 atom stereocenters. The van der Waals surface area contributed by atoms with E-state index in [0.717, 1.165) is 0 Å². The molecular weight excluding hydrogens is 290 g/mol. The molecule has 1 N–H and O–H groups in total. The second-order valence-corrected chi connectivity index (χ2v) is 6.02. The van der Waals surface area contributed by atoms with Crippen molar-refractivity contribution in [1.82, 2.24) is 14.9 Å². The summed E-state index contributed by atoms with van der Waals surface area (Å²) in [4.78, 5) is 0.127. The molecular formula is C11H12ClN3O3S. The smallest absolute Gasteiger partial charge is 0.240 e. The third-order valence-corrected chi connectivity index (χ3v) is 4.00. The number of nitrogens with zero attached hydrogens (tertiary/aromatic N) is 2. The SMILES string of the molecule is Cc1nnc(CCNS(=O)(=O)c2cccc(Cl)c2)o1. The largest absolute Gasteiger partial charge is 0.426 e. The Morgan fingerprint density at radius 1 is 1.37 bits per heavy atom. The number of aryl methyl sites for hydroxylation is 1. The summed E-state index contributed by atoms with van der Waals surface area (Å²) in [5.41, 5.74) is 0. The summed E-state index contributed by atoms with van der Waals surface area (Å²) in [6, 6.07) is 6.06. The maximum absolute atomic E-state index is 11.9. The maximum Gasteiger partial charge on any atom is 0.240 e. The van der Waals surface area contributed by atoms with Crippen molar-refractivity contribution in [3.63, 3.8) is 0 Å². The second kappa shape index (κ2) is 5.68. The fraction of sp³-hybridized carbons (Fsp3) is 0.273. The zero-order valence-electron chi connectivity index (χ0n) is 10.1. The Morgan fingerprint density at radius 3 is 2.79 bits per heavy atom. The molecule has 0 aliphatic heterocycles. The molecule has 19 heavy (non-hydrogen) atoms.